The van der Waals surface area contributed by atoms with Gasteiger partial charge in [-0.25, -0.2) is 4.98 Å². The van der Waals surface area contributed by atoms with Gasteiger partial charge in [0.2, 0.25) is 0 Å². The van der Waals surface area contributed by atoms with Gasteiger partial charge in [0.05, 0.1) is 5.69 Å². The molecular formula is C11H13N3S. The second kappa shape index (κ2) is 4.89. The zero-order chi connectivity index (χ0) is 10.5. The Bertz CT molecular complexity index is 411. The molecule has 0 spiro atoms. The molecule has 0 fully saturated rings. The van der Waals surface area contributed by atoms with E-state index in [-0.39, 0.29) is 0 Å². The molecule has 1 N–H and O–H groups in total. The molecule has 0 bridgehead atoms. The Labute approximate surface area is 93.2 Å². The fraction of sp³-hybridized carbons (Fsp3) is 0.273. The van der Waals surface area contributed by atoms with E-state index in [1.165, 1.54) is 5.56 Å². The predicted octanol–water partition coefficient (Wildman–Crippen LogP) is 2.37. The van der Waals surface area contributed by atoms with Gasteiger partial charge >= 0.3 is 0 Å². The molecule has 0 amide bonds. The van der Waals surface area contributed by atoms with Crippen molar-refractivity contribution in [2.24, 2.45) is 0 Å². The molecule has 0 saturated heterocycles. The Balaban J connectivity index is 1.93. The molecule has 0 saturated carbocycles. The first-order valence-corrected chi connectivity index (χ1v) is 5.77. The highest BCUT2D eigenvalue weighted by Crippen LogP contribution is 2.15. The molecule has 0 aliphatic carbocycles. The van der Waals surface area contributed by atoms with Crippen LogP contribution in [0.4, 0.5) is 5.13 Å². The summed E-state index contributed by atoms with van der Waals surface area (Å²) < 4.78 is 0. The number of pyridine rings is 1. The van der Waals surface area contributed by atoms with Crippen LogP contribution in [0.25, 0.3) is 0 Å². The summed E-state index contributed by atoms with van der Waals surface area (Å²) in [5.74, 6) is 0. The molecule has 2 aromatic rings. The van der Waals surface area contributed by atoms with Crippen molar-refractivity contribution in [1.82, 2.24) is 9.97 Å². The number of thiazole rings is 1. The number of nitrogens with one attached hydrogen (secondary N) is 1. The fourth-order valence-corrected chi connectivity index (χ4v) is 2.06. The molecule has 0 aromatic carbocycles. The normalized spacial score (nSPS) is 10.2. The monoisotopic (exact) mass is 219 g/mol. The molecule has 4 heteroatoms. The van der Waals surface area contributed by atoms with Crippen LogP contribution >= 0.6 is 11.3 Å². The molecule has 3 nitrogen and oxygen atoms in total. The van der Waals surface area contributed by atoms with Crippen LogP contribution in [-0.2, 0) is 12.8 Å². The summed E-state index contributed by atoms with van der Waals surface area (Å²) in [6, 6.07) is 4.06. The summed E-state index contributed by atoms with van der Waals surface area (Å²) in [6.45, 7) is 0. The van der Waals surface area contributed by atoms with E-state index in [9.17, 15) is 0 Å². The van der Waals surface area contributed by atoms with Gasteiger partial charge in [-0.2, -0.15) is 0 Å². The highest BCUT2D eigenvalue weighted by molar-refractivity contribution is 7.13. The van der Waals surface area contributed by atoms with E-state index in [0.29, 0.717) is 0 Å². The number of rotatable bonds is 4. The van der Waals surface area contributed by atoms with Crippen LogP contribution in [0.2, 0.25) is 0 Å². The smallest absolute Gasteiger partial charge is 0.182 e. The van der Waals surface area contributed by atoms with Crippen LogP contribution in [0.15, 0.2) is 29.9 Å². The minimum Gasteiger partial charge on any atom is -0.365 e. The van der Waals surface area contributed by atoms with E-state index >= 15 is 0 Å². The predicted molar refractivity (Wildman–Crippen MR) is 63.3 cm³/mol. The summed E-state index contributed by atoms with van der Waals surface area (Å²) in [6.07, 6.45) is 5.68. The largest absolute Gasteiger partial charge is 0.365 e. The molecule has 15 heavy (non-hydrogen) atoms. The van der Waals surface area contributed by atoms with Gasteiger partial charge in [-0.05, 0) is 24.5 Å². The summed E-state index contributed by atoms with van der Waals surface area (Å²) in [7, 11) is 1.89. The van der Waals surface area contributed by atoms with E-state index in [4.69, 9.17) is 0 Å². The van der Waals surface area contributed by atoms with Gasteiger partial charge < -0.3 is 5.32 Å². The molecule has 0 radical (unpaired) electrons. The lowest BCUT2D eigenvalue weighted by molar-refractivity contribution is 0.919. The van der Waals surface area contributed by atoms with E-state index in [0.717, 1.165) is 23.7 Å². The Morgan fingerprint density at radius 3 is 3.00 bits per heavy atom. The lowest BCUT2D eigenvalue weighted by atomic mass is 10.1. The maximum absolute atomic E-state index is 4.43. The van der Waals surface area contributed by atoms with Gasteiger partial charge in [0.15, 0.2) is 5.13 Å². The van der Waals surface area contributed by atoms with Gasteiger partial charge in [-0.3, -0.25) is 4.98 Å². The maximum atomic E-state index is 4.43. The highest BCUT2D eigenvalue weighted by Gasteiger charge is 2.00. The number of hydrogen-bond donors (Lipinski definition) is 1. The summed E-state index contributed by atoms with van der Waals surface area (Å²) >= 11 is 1.65. The fourth-order valence-electron chi connectivity index (χ4n) is 1.36. The minimum absolute atomic E-state index is 0.976. The second-order valence-corrected chi connectivity index (χ2v) is 4.11. The summed E-state index contributed by atoms with van der Waals surface area (Å²) in [5.41, 5.74) is 2.41. The van der Waals surface area contributed by atoms with Crippen molar-refractivity contribution in [1.29, 1.82) is 0 Å². The number of anilines is 1. The van der Waals surface area contributed by atoms with Crippen LogP contribution in [-0.4, -0.2) is 17.0 Å². The lowest BCUT2D eigenvalue weighted by Crippen LogP contribution is -1.93. The summed E-state index contributed by atoms with van der Waals surface area (Å²) in [5, 5.41) is 6.12. The molecule has 0 aliphatic heterocycles. The standard InChI is InChI=1S/C11H13N3S/c1-12-11-14-10(8-15-11)5-4-9-3-2-6-13-7-9/h2-3,6-8H,4-5H2,1H3,(H,12,14). The van der Waals surface area contributed by atoms with Crippen molar-refractivity contribution < 1.29 is 0 Å². The molecule has 0 unspecified atom stereocenters. The van der Waals surface area contributed by atoms with Crippen molar-refractivity contribution in [2.45, 2.75) is 12.8 Å². The molecule has 0 aliphatic rings. The van der Waals surface area contributed by atoms with Crippen LogP contribution in [0.5, 0.6) is 0 Å². The Kier molecular flexibility index (Phi) is 3.29. The van der Waals surface area contributed by atoms with Crippen molar-refractivity contribution in [3.63, 3.8) is 0 Å². The molecule has 2 heterocycles. The highest BCUT2D eigenvalue weighted by atomic mass is 32.1. The Morgan fingerprint density at radius 2 is 2.33 bits per heavy atom. The van der Waals surface area contributed by atoms with Crippen LogP contribution in [0.3, 0.4) is 0 Å². The van der Waals surface area contributed by atoms with Gasteiger partial charge in [0.1, 0.15) is 0 Å². The van der Waals surface area contributed by atoms with Gasteiger partial charge in [0.25, 0.3) is 0 Å². The number of nitrogens with zero attached hydrogens (tertiary/aromatic N) is 2. The van der Waals surface area contributed by atoms with E-state index in [1.54, 1.807) is 17.5 Å². The van der Waals surface area contributed by atoms with Crippen molar-refractivity contribution in [3.8, 4) is 0 Å². The van der Waals surface area contributed by atoms with E-state index < -0.39 is 0 Å². The Hall–Kier alpha value is -1.42. The molecule has 2 aromatic heterocycles. The van der Waals surface area contributed by atoms with Crippen molar-refractivity contribution in [3.05, 3.63) is 41.2 Å². The van der Waals surface area contributed by atoms with Gasteiger partial charge in [0, 0.05) is 24.8 Å². The number of aromatic nitrogens is 2. The average molecular weight is 219 g/mol. The zero-order valence-corrected chi connectivity index (χ0v) is 9.42. The first-order valence-electron chi connectivity index (χ1n) is 4.89. The molecule has 2 rings (SSSR count). The zero-order valence-electron chi connectivity index (χ0n) is 8.60. The van der Waals surface area contributed by atoms with Gasteiger partial charge in [-0.1, -0.05) is 6.07 Å². The van der Waals surface area contributed by atoms with E-state index in [2.05, 4.69) is 26.7 Å². The quantitative estimate of drug-likeness (QED) is 0.857. The SMILES string of the molecule is CNc1nc(CCc2cccnc2)cs1. The van der Waals surface area contributed by atoms with Crippen molar-refractivity contribution in [2.75, 3.05) is 12.4 Å². The third-order valence-electron chi connectivity index (χ3n) is 2.16. The maximum Gasteiger partial charge on any atom is 0.182 e. The third kappa shape index (κ3) is 2.76. The summed E-state index contributed by atoms with van der Waals surface area (Å²) in [4.78, 5) is 8.52. The van der Waals surface area contributed by atoms with Crippen LogP contribution in [0.1, 0.15) is 11.3 Å². The Morgan fingerprint density at radius 1 is 1.40 bits per heavy atom. The number of hydrogen-bond acceptors (Lipinski definition) is 4. The van der Waals surface area contributed by atoms with Crippen molar-refractivity contribution >= 4 is 16.5 Å². The van der Waals surface area contributed by atoms with Crippen LogP contribution < -0.4 is 5.32 Å². The molecule has 78 valence electrons. The lowest BCUT2D eigenvalue weighted by Gasteiger charge is -1.97. The molecular weight excluding hydrogens is 206 g/mol. The van der Waals surface area contributed by atoms with Crippen LogP contribution in [0, 0.1) is 0 Å². The van der Waals surface area contributed by atoms with Gasteiger partial charge in [-0.15, -0.1) is 11.3 Å². The molecule has 0 atom stereocenters. The topological polar surface area (TPSA) is 37.8 Å². The van der Waals surface area contributed by atoms with E-state index in [1.807, 2.05) is 19.3 Å². The third-order valence-corrected chi connectivity index (χ3v) is 3.07. The first kappa shape index (κ1) is 10.1. The number of aryl methyl sites for hydroxylation is 2. The average Bonchev–Trinajstić information content (AvgIpc) is 2.76. The first-order chi connectivity index (χ1) is 7.38. The minimum atomic E-state index is 0.976. The second-order valence-electron chi connectivity index (χ2n) is 3.26.